The molecule has 0 aliphatic carbocycles. The maximum atomic E-state index is 13.2. The molecule has 1 aliphatic rings. The topological polar surface area (TPSA) is 92.0 Å². The number of carbonyl (C=O) groups is 1. The molecule has 2 atom stereocenters. The van der Waals surface area contributed by atoms with Crippen LogP contribution < -0.4 is 0 Å². The first kappa shape index (κ1) is 27.4. The number of nitrogens with zero attached hydrogens (tertiary/aromatic N) is 5. The number of pyridine rings is 1. The molecule has 2 aromatic rings. The van der Waals surface area contributed by atoms with Crippen molar-refractivity contribution in [3.8, 4) is 0 Å². The predicted octanol–water partition coefficient (Wildman–Crippen LogP) is 4.37. The number of rotatable bonds is 11. The van der Waals surface area contributed by atoms with Gasteiger partial charge in [-0.2, -0.15) is 0 Å². The maximum Gasteiger partial charge on any atom is 0.324 e. The molecule has 0 saturated heterocycles. The second-order valence-corrected chi connectivity index (χ2v) is 9.43. The fourth-order valence-corrected chi connectivity index (χ4v) is 4.57. The van der Waals surface area contributed by atoms with Crippen molar-refractivity contribution in [3.63, 3.8) is 0 Å². The summed E-state index contributed by atoms with van der Waals surface area (Å²) < 4.78 is 5.67. The molecule has 0 saturated carbocycles. The number of aromatic nitrogens is 1. The molecule has 10 heteroatoms. The molecule has 0 fully saturated rings. The van der Waals surface area contributed by atoms with Gasteiger partial charge < -0.3 is 14.5 Å². The minimum absolute atomic E-state index is 0.0392. The zero-order chi connectivity index (χ0) is 26.2. The van der Waals surface area contributed by atoms with Crippen LogP contribution in [0.15, 0.2) is 60.2 Å². The van der Waals surface area contributed by atoms with Crippen LogP contribution in [0.25, 0.3) is 0 Å². The van der Waals surface area contributed by atoms with E-state index in [9.17, 15) is 14.9 Å². The van der Waals surface area contributed by atoms with E-state index < -0.39 is 6.04 Å². The molecule has 0 radical (unpaired) electrons. The molecule has 194 valence electrons. The van der Waals surface area contributed by atoms with Gasteiger partial charge in [0.25, 0.3) is 5.70 Å². The zero-order valence-corrected chi connectivity index (χ0v) is 22.0. The van der Waals surface area contributed by atoms with Gasteiger partial charge in [-0.25, -0.2) is 4.98 Å². The van der Waals surface area contributed by atoms with Crippen LogP contribution >= 0.6 is 11.6 Å². The van der Waals surface area contributed by atoms with E-state index in [2.05, 4.69) is 4.98 Å². The molecule has 0 spiro atoms. The number of benzene rings is 1. The fraction of sp³-hybridized carbons (Fsp3) is 0.462. The molecule has 0 amide bonds. The first-order valence-electron chi connectivity index (χ1n) is 12.1. The molecule has 36 heavy (non-hydrogen) atoms. The van der Waals surface area contributed by atoms with E-state index in [1.807, 2.05) is 78.9 Å². The van der Waals surface area contributed by atoms with Crippen LogP contribution in [0.5, 0.6) is 0 Å². The third kappa shape index (κ3) is 6.73. The highest BCUT2D eigenvalue weighted by atomic mass is 35.5. The SMILES string of the molecule is CC[C@H](C)[C@@H](C(=O)OCc1ccccc1)N1CC([N+](=O)[O-])=C(N(CC)Cc2ccc(Cl)nc2)N(C)C1. The van der Waals surface area contributed by atoms with Gasteiger partial charge in [0.1, 0.15) is 17.8 Å². The Bertz CT molecular complexity index is 1060. The van der Waals surface area contributed by atoms with Crippen molar-refractivity contribution in [2.75, 3.05) is 26.8 Å². The summed E-state index contributed by atoms with van der Waals surface area (Å²) in [5.74, 6) is 0.125. The van der Waals surface area contributed by atoms with E-state index >= 15 is 0 Å². The van der Waals surface area contributed by atoms with E-state index in [0.717, 1.165) is 17.5 Å². The average Bonchev–Trinajstić information content (AvgIpc) is 2.87. The van der Waals surface area contributed by atoms with Crippen LogP contribution in [0.2, 0.25) is 5.15 Å². The number of hydrogen-bond donors (Lipinski definition) is 0. The highest BCUT2D eigenvalue weighted by molar-refractivity contribution is 6.29. The fourth-order valence-electron chi connectivity index (χ4n) is 4.46. The summed E-state index contributed by atoms with van der Waals surface area (Å²) in [7, 11) is 1.82. The van der Waals surface area contributed by atoms with Crippen molar-refractivity contribution in [1.29, 1.82) is 0 Å². The molecule has 1 aromatic carbocycles. The summed E-state index contributed by atoms with van der Waals surface area (Å²) in [6.45, 7) is 7.51. The Kier molecular flexibility index (Phi) is 9.66. The van der Waals surface area contributed by atoms with Gasteiger partial charge in [0.15, 0.2) is 5.82 Å². The van der Waals surface area contributed by atoms with E-state index in [-0.39, 0.29) is 35.7 Å². The smallest absolute Gasteiger partial charge is 0.324 e. The zero-order valence-electron chi connectivity index (χ0n) is 21.3. The monoisotopic (exact) mass is 515 g/mol. The van der Waals surface area contributed by atoms with Gasteiger partial charge in [0.05, 0.1) is 18.1 Å². The molecule has 3 rings (SSSR count). The van der Waals surface area contributed by atoms with Gasteiger partial charge in [0, 0.05) is 26.3 Å². The lowest BCUT2D eigenvalue weighted by Gasteiger charge is -2.42. The number of nitro groups is 1. The molecule has 0 bridgehead atoms. The van der Waals surface area contributed by atoms with Crippen molar-refractivity contribution in [1.82, 2.24) is 19.7 Å². The molecule has 1 aliphatic heterocycles. The van der Waals surface area contributed by atoms with Crippen molar-refractivity contribution in [3.05, 3.63) is 86.6 Å². The first-order valence-corrected chi connectivity index (χ1v) is 12.5. The highest BCUT2D eigenvalue weighted by Crippen LogP contribution is 2.28. The van der Waals surface area contributed by atoms with E-state index in [4.69, 9.17) is 16.3 Å². The van der Waals surface area contributed by atoms with Crippen molar-refractivity contribution >= 4 is 17.6 Å². The molecular weight excluding hydrogens is 482 g/mol. The van der Waals surface area contributed by atoms with Crippen LogP contribution in [0.4, 0.5) is 0 Å². The number of carbonyl (C=O) groups excluding carboxylic acids is 1. The Hall–Kier alpha value is -3.17. The number of esters is 1. The van der Waals surface area contributed by atoms with E-state index in [0.29, 0.717) is 30.7 Å². The van der Waals surface area contributed by atoms with Gasteiger partial charge >= 0.3 is 5.97 Å². The molecule has 0 unspecified atom stereocenters. The Labute approximate surface area is 217 Å². The molecule has 1 aromatic heterocycles. The number of ether oxygens (including phenoxy) is 1. The molecule has 2 heterocycles. The van der Waals surface area contributed by atoms with Crippen LogP contribution in [0.3, 0.4) is 0 Å². The van der Waals surface area contributed by atoms with Crippen LogP contribution in [-0.2, 0) is 22.7 Å². The largest absolute Gasteiger partial charge is 0.460 e. The lowest BCUT2D eigenvalue weighted by atomic mass is 9.97. The molecule has 9 nitrogen and oxygen atoms in total. The summed E-state index contributed by atoms with van der Waals surface area (Å²) in [4.78, 5) is 34.9. The van der Waals surface area contributed by atoms with Gasteiger partial charge in [-0.1, -0.05) is 68.3 Å². The summed E-state index contributed by atoms with van der Waals surface area (Å²) in [6, 6.07) is 12.5. The first-order chi connectivity index (χ1) is 17.2. The lowest BCUT2D eigenvalue weighted by Crippen LogP contribution is -2.55. The minimum atomic E-state index is -0.604. The average molecular weight is 516 g/mol. The Morgan fingerprint density at radius 3 is 2.53 bits per heavy atom. The van der Waals surface area contributed by atoms with Gasteiger partial charge in [0.2, 0.25) is 0 Å². The second-order valence-electron chi connectivity index (χ2n) is 9.04. The third-order valence-corrected chi connectivity index (χ3v) is 6.70. The third-order valence-electron chi connectivity index (χ3n) is 6.47. The van der Waals surface area contributed by atoms with Gasteiger partial charge in [-0.3, -0.25) is 19.8 Å². The van der Waals surface area contributed by atoms with E-state index in [1.54, 1.807) is 12.3 Å². The minimum Gasteiger partial charge on any atom is -0.460 e. The highest BCUT2D eigenvalue weighted by Gasteiger charge is 2.41. The van der Waals surface area contributed by atoms with E-state index in [1.165, 1.54) is 0 Å². The standard InChI is InChI=1S/C26H34ClN5O4/c1-5-19(3)24(26(33)36-17-20-10-8-7-9-11-20)31-16-22(32(34)35)25(29(4)18-31)30(6-2)15-21-12-13-23(27)28-14-21/h7-14,19,24H,5-6,15-18H2,1-4H3/t19-,24-/m0/s1. The maximum absolute atomic E-state index is 13.2. The Morgan fingerprint density at radius 1 is 1.22 bits per heavy atom. The molecular formula is C26H34ClN5O4. The van der Waals surface area contributed by atoms with Gasteiger partial charge in [-0.15, -0.1) is 0 Å². The summed E-state index contributed by atoms with van der Waals surface area (Å²) in [5.41, 5.74) is 1.85. The Morgan fingerprint density at radius 2 is 1.94 bits per heavy atom. The quantitative estimate of drug-likeness (QED) is 0.188. The second kappa shape index (κ2) is 12.7. The van der Waals surface area contributed by atoms with Crippen LogP contribution in [-0.4, -0.2) is 63.4 Å². The predicted molar refractivity (Wildman–Crippen MR) is 138 cm³/mol. The van der Waals surface area contributed by atoms with Crippen molar-refractivity contribution in [2.45, 2.75) is 46.4 Å². The van der Waals surface area contributed by atoms with Crippen LogP contribution in [0.1, 0.15) is 38.3 Å². The molecule has 0 N–H and O–H groups in total. The van der Waals surface area contributed by atoms with Gasteiger partial charge in [-0.05, 0) is 30.0 Å². The summed E-state index contributed by atoms with van der Waals surface area (Å²) >= 11 is 5.91. The van der Waals surface area contributed by atoms with Crippen molar-refractivity contribution in [2.24, 2.45) is 5.92 Å². The number of halogens is 1. The van der Waals surface area contributed by atoms with Crippen LogP contribution in [0, 0.1) is 16.0 Å². The normalized spacial score (nSPS) is 16.0. The summed E-state index contributed by atoms with van der Waals surface area (Å²) in [6.07, 6.45) is 2.41. The summed E-state index contributed by atoms with van der Waals surface area (Å²) in [5, 5.41) is 12.6. The van der Waals surface area contributed by atoms with Crippen molar-refractivity contribution < 1.29 is 14.5 Å². The lowest BCUT2D eigenvalue weighted by molar-refractivity contribution is -0.434. The number of hydrogen-bond acceptors (Lipinski definition) is 8. The Balaban J connectivity index is 1.85.